The number of hydrogen-bond acceptors (Lipinski definition) is 6. The number of carbonyl (C=O) groups is 1. The number of hydrogen-bond donors (Lipinski definition) is 1. The zero-order valence-electron chi connectivity index (χ0n) is 15.8. The normalized spacial score (nSPS) is 23.5. The smallest absolute Gasteiger partial charge is 0.234 e. The first-order chi connectivity index (χ1) is 12.8. The van der Waals surface area contributed by atoms with E-state index in [0.29, 0.717) is 32.9 Å². The van der Waals surface area contributed by atoms with Gasteiger partial charge < -0.3 is 14.8 Å². The van der Waals surface area contributed by atoms with Gasteiger partial charge in [-0.15, -0.1) is 0 Å². The highest BCUT2D eigenvalue weighted by atomic mass is 32.2. The van der Waals surface area contributed by atoms with Crippen LogP contribution in [-0.2, 0) is 26.1 Å². The zero-order chi connectivity index (χ0) is 19.4. The molecule has 1 aromatic rings. The van der Waals surface area contributed by atoms with Crippen LogP contribution >= 0.6 is 0 Å². The second kappa shape index (κ2) is 8.55. The number of amides is 1. The third kappa shape index (κ3) is 5.19. The van der Waals surface area contributed by atoms with Crippen LogP contribution in [0.2, 0.25) is 0 Å². The molecule has 1 N–H and O–H groups in total. The van der Waals surface area contributed by atoms with Crippen LogP contribution in [0.25, 0.3) is 0 Å². The lowest BCUT2D eigenvalue weighted by atomic mass is 10.1. The van der Waals surface area contributed by atoms with Gasteiger partial charge in [0.25, 0.3) is 0 Å². The molecule has 8 nitrogen and oxygen atoms in total. The van der Waals surface area contributed by atoms with Gasteiger partial charge in [-0.2, -0.15) is 0 Å². The van der Waals surface area contributed by atoms with E-state index < -0.39 is 10.0 Å². The van der Waals surface area contributed by atoms with Crippen LogP contribution in [0.1, 0.15) is 5.56 Å². The molecule has 0 radical (unpaired) electrons. The lowest BCUT2D eigenvalue weighted by molar-refractivity contribution is -0.123. The monoisotopic (exact) mass is 397 g/mol. The Morgan fingerprint density at radius 3 is 2.85 bits per heavy atom. The molecule has 0 aromatic heterocycles. The van der Waals surface area contributed by atoms with Crippen molar-refractivity contribution < 1.29 is 22.7 Å². The molecular weight excluding hydrogens is 370 g/mol. The minimum atomic E-state index is -3.34. The highest BCUT2D eigenvalue weighted by Gasteiger charge is 2.34. The Hall–Kier alpha value is -1.68. The Kier molecular flexibility index (Phi) is 6.36. The SMILES string of the molecule is CN(C)S(=O)(=O)C[C@@H]1COC[C@@H]1NC(=O)CN1CCOc2ccccc2C1. The number of nitrogens with one attached hydrogen (secondary N) is 1. The predicted molar refractivity (Wildman–Crippen MR) is 101 cm³/mol. The fourth-order valence-corrected chi connectivity index (χ4v) is 4.48. The summed E-state index contributed by atoms with van der Waals surface area (Å²) in [6, 6.07) is 7.53. The number of para-hydroxylation sites is 1. The van der Waals surface area contributed by atoms with E-state index >= 15 is 0 Å². The molecule has 2 heterocycles. The summed E-state index contributed by atoms with van der Waals surface area (Å²) in [5.74, 6) is 0.459. The minimum absolute atomic E-state index is 0.0319. The van der Waals surface area contributed by atoms with Crippen LogP contribution in [0.3, 0.4) is 0 Å². The van der Waals surface area contributed by atoms with Gasteiger partial charge in [0.1, 0.15) is 12.4 Å². The molecular formula is C18H27N3O5S. The Bertz CT molecular complexity index is 768. The molecule has 9 heteroatoms. The van der Waals surface area contributed by atoms with Gasteiger partial charge in [0.2, 0.25) is 15.9 Å². The topological polar surface area (TPSA) is 88.2 Å². The molecule has 1 aromatic carbocycles. The zero-order valence-corrected chi connectivity index (χ0v) is 16.6. The van der Waals surface area contributed by atoms with E-state index in [1.807, 2.05) is 29.2 Å². The summed E-state index contributed by atoms with van der Waals surface area (Å²) in [6.45, 7) is 2.74. The van der Waals surface area contributed by atoms with E-state index in [2.05, 4.69) is 5.32 Å². The molecule has 27 heavy (non-hydrogen) atoms. The van der Waals surface area contributed by atoms with Crippen LogP contribution in [0.15, 0.2) is 24.3 Å². The van der Waals surface area contributed by atoms with Gasteiger partial charge in [0, 0.05) is 38.7 Å². The largest absolute Gasteiger partial charge is 0.492 e. The van der Waals surface area contributed by atoms with E-state index in [4.69, 9.17) is 9.47 Å². The van der Waals surface area contributed by atoms with Crippen LogP contribution in [0.4, 0.5) is 0 Å². The molecule has 2 aliphatic heterocycles. The molecule has 0 saturated carbocycles. The summed E-state index contributed by atoms with van der Waals surface area (Å²) in [6.07, 6.45) is 0. The molecule has 1 fully saturated rings. The lowest BCUT2D eigenvalue weighted by Gasteiger charge is -2.23. The maximum absolute atomic E-state index is 12.5. The summed E-state index contributed by atoms with van der Waals surface area (Å²) in [7, 11) is -0.317. The van der Waals surface area contributed by atoms with Crippen LogP contribution < -0.4 is 10.1 Å². The Morgan fingerprint density at radius 2 is 2.07 bits per heavy atom. The van der Waals surface area contributed by atoms with Crippen molar-refractivity contribution in [3.8, 4) is 5.75 Å². The summed E-state index contributed by atoms with van der Waals surface area (Å²) >= 11 is 0. The van der Waals surface area contributed by atoms with Gasteiger partial charge in [0.15, 0.2) is 0 Å². The van der Waals surface area contributed by atoms with Gasteiger partial charge in [0.05, 0.1) is 31.6 Å². The van der Waals surface area contributed by atoms with Gasteiger partial charge >= 0.3 is 0 Å². The number of benzene rings is 1. The number of fused-ring (bicyclic) bond motifs is 1. The first kappa shape index (κ1) is 20.1. The summed E-state index contributed by atoms with van der Waals surface area (Å²) in [4.78, 5) is 14.6. The van der Waals surface area contributed by atoms with E-state index in [1.165, 1.54) is 18.4 Å². The average Bonchev–Trinajstić information content (AvgIpc) is 2.91. The first-order valence-corrected chi connectivity index (χ1v) is 10.7. The Morgan fingerprint density at radius 1 is 1.30 bits per heavy atom. The van der Waals surface area contributed by atoms with Crippen LogP contribution in [0.5, 0.6) is 5.75 Å². The second-order valence-electron chi connectivity index (χ2n) is 7.20. The number of sulfonamides is 1. The van der Waals surface area contributed by atoms with Gasteiger partial charge in [-0.1, -0.05) is 18.2 Å². The molecule has 0 aliphatic carbocycles. The summed E-state index contributed by atoms with van der Waals surface area (Å²) in [5.41, 5.74) is 1.06. The maximum Gasteiger partial charge on any atom is 0.234 e. The van der Waals surface area contributed by atoms with Crippen molar-refractivity contribution >= 4 is 15.9 Å². The highest BCUT2D eigenvalue weighted by Crippen LogP contribution is 2.22. The fourth-order valence-electron chi connectivity index (χ4n) is 3.31. The molecule has 0 bridgehead atoms. The van der Waals surface area contributed by atoms with E-state index in [1.54, 1.807) is 0 Å². The minimum Gasteiger partial charge on any atom is -0.492 e. The molecule has 1 amide bonds. The van der Waals surface area contributed by atoms with Crippen LogP contribution in [-0.4, -0.2) is 82.3 Å². The predicted octanol–water partition coefficient (Wildman–Crippen LogP) is -0.0964. The number of nitrogens with zero attached hydrogens (tertiary/aromatic N) is 2. The summed E-state index contributed by atoms with van der Waals surface area (Å²) < 4.78 is 36.6. The number of rotatable bonds is 6. The van der Waals surface area contributed by atoms with Gasteiger partial charge in [-0.25, -0.2) is 12.7 Å². The highest BCUT2D eigenvalue weighted by molar-refractivity contribution is 7.89. The molecule has 3 rings (SSSR count). The maximum atomic E-state index is 12.5. The van der Waals surface area contributed by atoms with E-state index in [9.17, 15) is 13.2 Å². The Labute approximate surface area is 160 Å². The van der Waals surface area contributed by atoms with E-state index in [-0.39, 0.29) is 30.2 Å². The molecule has 150 valence electrons. The molecule has 0 spiro atoms. The van der Waals surface area contributed by atoms with Crippen molar-refractivity contribution in [3.05, 3.63) is 29.8 Å². The summed E-state index contributed by atoms with van der Waals surface area (Å²) in [5, 5.41) is 2.95. The van der Waals surface area contributed by atoms with Gasteiger partial charge in [-0.3, -0.25) is 9.69 Å². The average molecular weight is 397 g/mol. The number of carbonyl (C=O) groups excluding carboxylic acids is 1. The van der Waals surface area contributed by atoms with Crippen LogP contribution in [0, 0.1) is 5.92 Å². The van der Waals surface area contributed by atoms with Gasteiger partial charge in [-0.05, 0) is 6.07 Å². The number of ether oxygens (including phenoxy) is 2. The standard InChI is InChI=1S/C18H27N3O5S/c1-20(2)27(23,24)13-15-11-25-12-16(15)19-18(22)10-21-7-8-26-17-6-4-3-5-14(17)9-21/h3-6,15-16H,7-13H2,1-2H3,(H,19,22)/t15-,16-/m0/s1. The van der Waals surface area contributed by atoms with Crippen molar-refractivity contribution in [2.75, 3.05) is 52.8 Å². The molecule has 1 saturated heterocycles. The van der Waals surface area contributed by atoms with Crippen molar-refractivity contribution in [3.63, 3.8) is 0 Å². The van der Waals surface area contributed by atoms with Crippen molar-refractivity contribution in [1.29, 1.82) is 0 Å². The Balaban J connectivity index is 1.56. The lowest BCUT2D eigenvalue weighted by Crippen LogP contribution is -2.47. The fraction of sp³-hybridized carbons (Fsp3) is 0.611. The quantitative estimate of drug-likeness (QED) is 0.722. The third-order valence-corrected chi connectivity index (χ3v) is 6.89. The van der Waals surface area contributed by atoms with E-state index in [0.717, 1.165) is 11.3 Å². The van der Waals surface area contributed by atoms with Crippen molar-refractivity contribution in [2.45, 2.75) is 12.6 Å². The first-order valence-electron chi connectivity index (χ1n) is 9.05. The molecule has 0 unspecified atom stereocenters. The molecule has 2 atom stereocenters. The van der Waals surface area contributed by atoms with Crippen molar-refractivity contribution in [1.82, 2.24) is 14.5 Å². The molecule has 2 aliphatic rings. The second-order valence-corrected chi connectivity index (χ2v) is 9.43. The third-order valence-electron chi connectivity index (χ3n) is 4.92. The van der Waals surface area contributed by atoms with Crippen molar-refractivity contribution in [2.24, 2.45) is 5.92 Å².